The molecule has 0 N–H and O–H groups in total. The first-order valence-corrected chi connectivity index (χ1v) is 10.2. The number of pyridine rings is 1. The highest BCUT2D eigenvalue weighted by atomic mass is 79.9. The third-order valence-corrected chi connectivity index (χ3v) is 5.87. The Bertz CT molecular complexity index is 1160. The number of fused-ring (bicyclic) bond motifs is 1. The second-order valence-electron chi connectivity index (χ2n) is 6.90. The molecule has 3 aromatic carbocycles. The summed E-state index contributed by atoms with van der Waals surface area (Å²) in [6.45, 7) is 0. The van der Waals surface area contributed by atoms with Gasteiger partial charge in [-0.05, 0) is 64.7 Å². The van der Waals surface area contributed by atoms with Gasteiger partial charge in [-0.15, -0.1) is 0 Å². The van der Waals surface area contributed by atoms with Crippen molar-refractivity contribution in [2.24, 2.45) is 0 Å². The van der Waals surface area contributed by atoms with Gasteiger partial charge in [0.05, 0.1) is 12.7 Å². The summed E-state index contributed by atoms with van der Waals surface area (Å²) in [4.78, 5) is 16.1. The van der Waals surface area contributed by atoms with E-state index in [1.807, 2.05) is 30.6 Å². The van der Waals surface area contributed by atoms with E-state index in [2.05, 4.69) is 63.4 Å². The Balaban J connectivity index is 1.53. The van der Waals surface area contributed by atoms with Crippen LogP contribution in [0.15, 0.2) is 83.6 Å². The number of esters is 1. The van der Waals surface area contributed by atoms with Crippen molar-refractivity contribution >= 4 is 32.7 Å². The Morgan fingerprint density at radius 1 is 1.00 bits per heavy atom. The second kappa shape index (κ2) is 8.58. The van der Waals surface area contributed by atoms with Crippen molar-refractivity contribution in [1.82, 2.24) is 4.98 Å². The summed E-state index contributed by atoms with van der Waals surface area (Å²) in [5, 5.41) is 2.35. The van der Waals surface area contributed by atoms with Gasteiger partial charge in [0, 0.05) is 22.3 Å². The number of nitrogens with zero attached hydrogens (tertiary/aromatic N) is 1. The number of hydrogen-bond donors (Lipinski definition) is 0. The fourth-order valence-electron chi connectivity index (χ4n) is 3.51. The van der Waals surface area contributed by atoms with Crippen LogP contribution in [0.4, 0.5) is 0 Å². The van der Waals surface area contributed by atoms with E-state index in [0.29, 0.717) is 5.56 Å². The predicted octanol–water partition coefficient (Wildman–Crippen LogP) is 6.24. The molecule has 29 heavy (non-hydrogen) atoms. The molecule has 0 amide bonds. The van der Waals surface area contributed by atoms with E-state index < -0.39 is 0 Å². The Labute approximate surface area is 178 Å². The number of rotatable bonds is 5. The lowest BCUT2D eigenvalue weighted by Gasteiger charge is -2.09. The van der Waals surface area contributed by atoms with Crippen LogP contribution in [0.25, 0.3) is 21.9 Å². The maximum absolute atomic E-state index is 11.8. The molecule has 0 aliphatic carbocycles. The molecule has 0 unspecified atom stereocenters. The molecular formula is C25H20BrNO2. The number of benzene rings is 3. The standard InChI is InChI=1S/C25H20BrNO2/c1-29-25(28)21-11-12-24(26)20(15-21)10-7-17-5-8-19(9-6-17)22-4-2-3-18-13-14-27-16-23(18)22/h2-6,8-9,11-16H,7,10H2,1H3. The van der Waals surface area contributed by atoms with Crippen LogP contribution >= 0.6 is 15.9 Å². The van der Waals surface area contributed by atoms with Crippen molar-refractivity contribution in [3.05, 3.63) is 100 Å². The monoisotopic (exact) mass is 445 g/mol. The number of hydrogen-bond acceptors (Lipinski definition) is 3. The Morgan fingerprint density at radius 2 is 1.83 bits per heavy atom. The first-order valence-electron chi connectivity index (χ1n) is 9.44. The number of halogens is 1. The molecule has 0 radical (unpaired) electrons. The zero-order valence-corrected chi connectivity index (χ0v) is 17.6. The molecule has 0 spiro atoms. The molecule has 0 fully saturated rings. The molecule has 0 bridgehead atoms. The zero-order chi connectivity index (χ0) is 20.2. The molecule has 1 heterocycles. The van der Waals surface area contributed by atoms with Crippen molar-refractivity contribution in [1.29, 1.82) is 0 Å². The van der Waals surface area contributed by atoms with E-state index in [0.717, 1.165) is 28.3 Å². The highest BCUT2D eigenvalue weighted by molar-refractivity contribution is 9.10. The van der Waals surface area contributed by atoms with Gasteiger partial charge in [0.2, 0.25) is 0 Å². The first kappa shape index (κ1) is 19.3. The van der Waals surface area contributed by atoms with Crippen molar-refractivity contribution in [3.8, 4) is 11.1 Å². The minimum atomic E-state index is -0.312. The van der Waals surface area contributed by atoms with Crippen LogP contribution in [-0.2, 0) is 17.6 Å². The molecule has 0 aliphatic heterocycles. The van der Waals surface area contributed by atoms with Crippen LogP contribution in [0, 0.1) is 0 Å². The van der Waals surface area contributed by atoms with E-state index in [1.165, 1.54) is 29.2 Å². The molecule has 1 aromatic heterocycles. The molecule has 3 nitrogen and oxygen atoms in total. The molecule has 0 saturated carbocycles. The minimum absolute atomic E-state index is 0.312. The van der Waals surface area contributed by atoms with Crippen LogP contribution in [0.5, 0.6) is 0 Å². The van der Waals surface area contributed by atoms with Crippen LogP contribution in [0.1, 0.15) is 21.5 Å². The van der Waals surface area contributed by atoms with Gasteiger partial charge in [-0.3, -0.25) is 4.98 Å². The number of methoxy groups -OCH3 is 1. The normalized spacial score (nSPS) is 10.8. The summed E-state index contributed by atoms with van der Waals surface area (Å²) in [5.74, 6) is -0.312. The third-order valence-electron chi connectivity index (χ3n) is 5.10. The molecule has 144 valence electrons. The molecule has 0 atom stereocenters. The van der Waals surface area contributed by atoms with Gasteiger partial charge in [0.15, 0.2) is 0 Å². The number of ether oxygens (including phenoxy) is 1. The van der Waals surface area contributed by atoms with E-state index in [1.54, 1.807) is 6.07 Å². The van der Waals surface area contributed by atoms with Crippen LogP contribution in [-0.4, -0.2) is 18.1 Å². The highest BCUT2D eigenvalue weighted by Gasteiger charge is 2.09. The Hall–Kier alpha value is -2.98. The van der Waals surface area contributed by atoms with Gasteiger partial charge in [0.25, 0.3) is 0 Å². The molecule has 0 aliphatic rings. The summed E-state index contributed by atoms with van der Waals surface area (Å²) < 4.78 is 5.83. The van der Waals surface area contributed by atoms with Gasteiger partial charge in [-0.2, -0.15) is 0 Å². The van der Waals surface area contributed by atoms with Gasteiger partial charge in [-0.1, -0.05) is 58.4 Å². The average Bonchev–Trinajstić information content (AvgIpc) is 2.78. The number of carbonyl (C=O) groups is 1. The van der Waals surface area contributed by atoms with E-state index in [4.69, 9.17) is 4.74 Å². The fraction of sp³-hybridized carbons (Fsp3) is 0.120. The predicted molar refractivity (Wildman–Crippen MR) is 120 cm³/mol. The maximum atomic E-state index is 11.8. The Morgan fingerprint density at radius 3 is 2.62 bits per heavy atom. The van der Waals surface area contributed by atoms with Gasteiger partial charge >= 0.3 is 5.97 Å². The zero-order valence-electron chi connectivity index (χ0n) is 16.1. The van der Waals surface area contributed by atoms with E-state index in [9.17, 15) is 4.79 Å². The van der Waals surface area contributed by atoms with Gasteiger partial charge < -0.3 is 4.74 Å². The Kier molecular flexibility index (Phi) is 5.72. The molecule has 0 saturated heterocycles. The number of aryl methyl sites for hydroxylation is 2. The van der Waals surface area contributed by atoms with Crippen LogP contribution < -0.4 is 0 Å². The quantitative estimate of drug-likeness (QED) is 0.341. The minimum Gasteiger partial charge on any atom is -0.465 e. The third kappa shape index (κ3) is 4.22. The topological polar surface area (TPSA) is 39.2 Å². The lowest BCUT2D eigenvalue weighted by molar-refractivity contribution is 0.0600. The van der Waals surface area contributed by atoms with Gasteiger partial charge in [0.1, 0.15) is 0 Å². The number of aromatic nitrogens is 1. The van der Waals surface area contributed by atoms with Crippen LogP contribution in [0.2, 0.25) is 0 Å². The van der Waals surface area contributed by atoms with Crippen molar-refractivity contribution < 1.29 is 9.53 Å². The fourth-order valence-corrected chi connectivity index (χ4v) is 3.95. The largest absolute Gasteiger partial charge is 0.465 e. The van der Waals surface area contributed by atoms with Gasteiger partial charge in [-0.25, -0.2) is 4.79 Å². The maximum Gasteiger partial charge on any atom is 0.337 e. The summed E-state index contributed by atoms with van der Waals surface area (Å²) in [5.41, 5.74) is 5.29. The van der Waals surface area contributed by atoms with Crippen LogP contribution in [0.3, 0.4) is 0 Å². The average molecular weight is 446 g/mol. The van der Waals surface area contributed by atoms with E-state index in [-0.39, 0.29) is 5.97 Å². The SMILES string of the molecule is COC(=O)c1ccc(Br)c(CCc2ccc(-c3cccc4ccncc34)cc2)c1. The molecule has 4 heteroatoms. The second-order valence-corrected chi connectivity index (χ2v) is 7.75. The summed E-state index contributed by atoms with van der Waals surface area (Å²) >= 11 is 3.58. The smallest absolute Gasteiger partial charge is 0.337 e. The summed E-state index contributed by atoms with van der Waals surface area (Å²) in [6, 6.07) is 22.6. The molecule has 4 aromatic rings. The summed E-state index contributed by atoms with van der Waals surface area (Å²) in [6.07, 6.45) is 5.47. The lowest BCUT2D eigenvalue weighted by Crippen LogP contribution is -2.03. The summed E-state index contributed by atoms with van der Waals surface area (Å²) in [7, 11) is 1.40. The first-order chi connectivity index (χ1) is 14.2. The molecule has 4 rings (SSSR count). The van der Waals surface area contributed by atoms with Crippen molar-refractivity contribution in [3.63, 3.8) is 0 Å². The highest BCUT2D eigenvalue weighted by Crippen LogP contribution is 2.28. The lowest BCUT2D eigenvalue weighted by atomic mass is 9.97. The van der Waals surface area contributed by atoms with Crippen molar-refractivity contribution in [2.45, 2.75) is 12.8 Å². The van der Waals surface area contributed by atoms with Crippen molar-refractivity contribution in [2.75, 3.05) is 7.11 Å². The molecular weight excluding hydrogens is 426 g/mol. The van der Waals surface area contributed by atoms with E-state index >= 15 is 0 Å². The number of carbonyl (C=O) groups excluding carboxylic acids is 1.